The smallest absolute Gasteiger partial charge is 0.295 e. The summed E-state index contributed by atoms with van der Waals surface area (Å²) in [5, 5.41) is 22.7. The number of carbonyl (C=O) groups is 2. The lowest BCUT2D eigenvalue weighted by Gasteiger charge is -2.27. The number of Topliss-reactive ketones (excluding diaryl/α,β-unsaturated/α-hetero) is 1. The first-order chi connectivity index (χ1) is 14.9. The molecule has 2 atom stereocenters. The molecule has 4 rings (SSSR count). The summed E-state index contributed by atoms with van der Waals surface area (Å²) in [4.78, 5) is 38.0. The Hall–Kier alpha value is -3.23. The lowest BCUT2D eigenvalue weighted by molar-refractivity contribution is -0.384. The fraction of sp³-hybridized carbons (Fsp3) is 0.273. The molecule has 9 heteroatoms. The van der Waals surface area contributed by atoms with Crippen LogP contribution in [-0.4, -0.2) is 45.9 Å². The molecule has 2 aliphatic rings. The van der Waals surface area contributed by atoms with Gasteiger partial charge in [0.05, 0.1) is 22.6 Å². The highest BCUT2D eigenvalue weighted by Crippen LogP contribution is 2.40. The van der Waals surface area contributed by atoms with E-state index in [1.165, 1.54) is 35.2 Å². The maximum absolute atomic E-state index is 13.0. The van der Waals surface area contributed by atoms with Gasteiger partial charge in [-0.3, -0.25) is 19.7 Å². The molecule has 0 unspecified atom stereocenters. The molecule has 2 aromatic rings. The lowest BCUT2D eigenvalue weighted by Crippen LogP contribution is -2.36. The van der Waals surface area contributed by atoms with Crippen molar-refractivity contribution in [1.29, 1.82) is 0 Å². The first-order valence-electron chi connectivity index (χ1n) is 9.77. The monoisotopic (exact) mass is 442 g/mol. The molecule has 0 aromatic heterocycles. The number of ether oxygens (including phenoxy) is 1. The molecule has 0 spiro atoms. The number of hydrogen-bond donors (Lipinski definition) is 1. The van der Waals surface area contributed by atoms with Gasteiger partial charge in [-0.25, -0.2) is 0 Å². The molecule has 0 bridgehead atoms. The van der Waals surface area contributed by atoms with Crippen molar-refractivity contribution in [3.8, 4) is 0 Å². The number of halogens is 1. The minimum absolute atomic E-state index is 0.120. The number of nitro groups is 1. The summed E-state index contributed by atoms with van der Waals surface area (Å²) < 4.78 is 5.63. The highest BCUT2D eigenvalue weighted by Gasteiger charge is 2.47. The molecule has 1 amide bonds. The molecule has 0 aliphatic carbocycles. The van der Waals surface area contributed by atoms with Gasteiger partial charge in [-0.05, 0) is 42.7 Å². The zero-order valence-corrected chi connectivity index (χ0v) is 17.1. The zero-order chi connectivity index (χ0) is 22.1. The number of non-ortho nitro benzene ring substituents is 1. The molecule has 1 N–H and O–H groups in total. The number of aliphatic hydroxyl groups is 1. The Labute approximate surface area is 182 Å². The third kappa shape index (κ3) is 4.04. The van der Waals surface area contributed by atoms with E-state index in [2.05, 4.69) is 0 Å². The van der Waals surface area contributed by atoms with E-state index in [9.17, 15) is 24.8 Å². The summed E-state index contributed by atoms with van der Waals surface area (Å²) in [7, 11) is 0. The third-order valence-corrected chi connectivity index (χ3v) is 5.73. The van der Waals surface area contributed by atoms with Crippen LogP contribution in [0.1, 0.15) is 30.0 Å². The second-order valence-corrected chi connectivity index (χ2v) is 7.88. The number of ketones is 1. The molecule has 2 aromatic carbocycles. The van der Waals surface area contributed by atoms with Crippen LogP contribution in [0.15, 0.2) is 54.1 Å². The van der Waals surface area contributed by atoms with E-state index in [4.69, 9.17) is 16.3 Å². The fourth-order valence-electron chi connectivity index (χ4n) is 3.99. The summed E-state index contributed by atoms with van der Waals surface area (Å²) in [6.45, 7) is 0.718. The van der Waals surface area contributed by atoms with Crippen LogP contribution in [0.4, 0.5) is 5.69 Å². The molecule has 0 radical (unpaired) electrons. The second kappa shape index (κ2) is 8.49. The van der Waals surface area contributed by atoms with Gasteiger partial charge in [0.2, 0.25) is 0 Å². The van der Waals surface area contributed by atoms with E-state index >= 15 is 0 Å². The van der Waals surface area contributed by atoms with E-state index in [1.807, 2.05) is 0 Å². The largest absolute Gasteiger partial charge is 0.507 e. The fourth-order valence-corrected chi connectivity index (χ4v) is 4.12. The number of nitrogens with zero attached hydrogens (tertiary/aromatic N) is 2. The van der Waals surface area contributed by atoms with Crippen molar-refractivity contribution in [2.24, 2.45) is 0 Å². The van der Waals surface area contributed by atoms with Gasteiger partial charge in [0, 0.05) is 35.9 Å². The van der Waals surface area contributed by atoms with E-state index in [0.717, 1.165) is 12.8 Å². The van der Waals surface area contributed by atoms with Gasteiger partial charge in [0.15, 0.2) is 0 Å². The Kier molecular flexibility index (Phi) is 5.75. The minimum atomic E-state index is -0.972. The average Bonchev–Trinajstić information content (AvgIpc) is 3.36. The van der Waals surface area contributed by atoms with Crippen LogP contribution < -0.4 is 0 Å². The van der Waals surface area contributed by atoms with Crippen LogP contribution in [-0.2, 0) is 14.3 Å². The van der Waals surface area contributed by atoms with Crippen LogP contribution in [0.2, 0.25) is 5.02 Å². The summed E-state index contributed by atoms with van der Waals surface area (Å²) in [6.07, 6.45) is 1.35. The minimum Gasteiger partial charge on any atom is -0.507 e. The van der Waals surface area contributed by atoms with E-state index in [0.29, 0.717) is 22.8 Å². The van der Waals surface area contributed by atoms with Crippen molar-refractivity contribution in [2.45, 2.75) is 25.0 Å². The van der Waals surface area contributed by atoms with Gasteiger partial charge >= 0.3 is 0 Å². The van der Waals surface area contributed by atoms with Crippen molar-refractivity contribution >= 4 is 34.7 Å². The normalized spacial score (nSPS) is 22.8. The number of aliphatic hydroxyl groups excluding tert-OH is 1. The van der Waals surface area contributed by atoms with Gasteiger partial charge in [-0.15, -0.1) is 0 Å². The molecule has 2 fully saturated rings. The molecule has 2 saturated heterocycles. The quantitative estimate of drug-likeness (QED) is 0.247. The predicted molar refractivity (Wildman–Crippen MR) is 113 cm³/mol. The number of nitro benzene ring substituents is 1. The maximum Gasteiger partial charge on any atom is 0.295 e. The number of rotatable bonds is 5. The molecular formula is C22H19ClN2O6. The first kappa shape index (κ1) is 21.0. The number of likely N-dealkylation sites (tertiary alicyclic amines) is 1. The topological polar surface area (TPSA) is 110 Å². The summed E-state index contributed by atoms with van der Waals surface area (Å²) in [6, 6.07) is 10.9. The van der Waals surface area contributed by atoms with Gasteiger partial charge < -0.3 is 14.7 Å². The first-order valence-corrected chi connectivity index (χ1v) is 10.1. The summed E-state index contributed by atoms with van der Waals surface area (Å²) >= 11 is 5.91. The standard InChI is InChI=1S/C22H19ClN2O6/c23-15-8-6-13(7-9-15)20(26)18-19(14-3-1-4-16(11-14)25(29)30)24(22(28)21(18)27)12-17-5-2-10-31-17/h1,3-4,6-9,11,17,19,26H,2,5,10,12H2/b20-18+/t17-,19-/m0/s1. The molecule has 160 valence electrons. The number of carbonyl (C=O) groups excluding carboxylic acids is 2. The third-order valence-electron chi connectivity index (χ3n) is 5.48. The average molecular weight is 443 g/mol. The van der Waals surface area contributed by atoms with Crippen molar-refractivity contribution < 1.29 is 24.4 Å². The van der Waals surface area contributed by atoms with Crippen LogP contribution in [0.5, 0.6) is 0 Å². The summed E-state index contributed by atoms with van der Waals surface area (Å²) in [5.41, 5.74) is 0.384. The Morgan fingerprint density at radius 2 is 1.97 bits per heavy atom. The zero-order valence-electron chi connectivity index (χ0n) is 16.4. The number of hydrogen-bond acceptors (Lipinski definition) is 6. The Balaban J connectivity index is 1.85. The molecule has 0 saturated carbocycles. The van der Waals surface area contributed by atoms with Gasteiger partial charge in [0.25, 0.3) is 17.4 Å². The molecule has 2 heterocycles. The highest BCUT2D eigenvalue weighted by atomic mass is 35.5. The Morgan fingerprint density at radius 1 is 1.23 bits per heavy atom. The SMILES string of the molecule is O=C1C(=O)N(C[C@@H]2CCCO2)[C@@H](c2cccc([N+](=O)[O-])c2)/C1=C(\O)c1ccc(Cl)cc1. The van der Waals surface area contributed by atoms with E-state index in [1.54, 1.807) is 18.2 Å². The van der Waals surface area contributed by atoms with Crippen molar-refractivity contribution in [3.05, 3.63) is 80.4 Å². The summed E-state index contributed by atoms with van der Waals surface area (Å²) in [5.74, 6) is -1.98. The van der Waals surface area contributed by atoms with Gasteiger partial charge in [0.1, 0.15) is 5.76 Å². The Morgan fingerprint density at radius 3 is 2.61 bits per heavy atom. The van der Waals surface area contributed by atoms with Crippen molar-refractivity contribution in [3.63, 3.8) is 0 Å². The highest BCUT2D eigenvalue weighted by molar-refractivity contribution is 6.46. The molecular weight excluding hydrogens is 424 g/mol. The molecule has 8 nitrogen and oxygen atoms in total. The second-order valence-electron chi connectivity index (χ2n) is 7.45. The van der Waals surface area contributed by atoms with E-state index in [-0.39, 0.29) is 29.7 Å². The van der Waals surface area contributed by atoms with Gasteiger partial charge in [-0.1, -0.05) is 23.7 Å². The van der Waals surface area contributed by atoms with Crippen molar-refractivity contribution in [1.82, 2.24) is 4.90 Å². The maximum atomic E-state index is 13.0. The Bertz CT molecular complexity index is 1080. The molecule has 2 aliphatic heterocycles. The van der Waals surface area contributed by atoms with Crippen LogP contribution in [0.25, 0.3) is 5.76 Å². The van der Waals surface area contributed by atoms with Crippen LogP contribution in [0.3, 0.4) is 0 Å². The van der Waals surface area contributed by atoms with Crippen LogP contribution in [0, 0.1) is 10.1 Å². The van der Waals surface area contributed by atoms with Gasteiger partial charge in [-0.2, -0.15) is 0 Å². The number of amides is 1. The molecule has 31 heavy (non-hydrogen) atoms. The van der Waals surface area contributed by atoms with Crippen molar-refractivity contribution in [2.75, 3.05) is 13.2 Å². The predicted octanol–water partition coefficient (Wildman–Crippen LogP) is 3.85. The van der Waals surface area contributed by atoms with Crippen LogP contribution >= 0.6 is 11.6 Å². The lowest BCUT2D eigenvalue weighted by atomic mass is 9.95. The number of benzene rings is 2. The van der Waals surface area contributed by atoms with E-state index < -0.39 is 22.7 Å².